The number of hydrogen-bond donors (Lipinski definition) is 0. The Labute approximate surface area is 436 Å². The summed E-state index contributed by atoms with van der Waals surface area (Å²) in [6, 6.07) is 33.1. The number of anilines is 3. The van der Waals surface area contributed by atoms with E-state index in [0.29, 0.717) is 24.6 Å². The molecular formula is C56H51Cl2F4N7O5. The lowest BCUT2D eigenvalue weighted by Crippen LogP contribution is -2.31. The molecule has 3 aromatic heterocycles. The molecule has 1 unspecified atom stereocenters. The molecule has 0 saturated carbocycles. The molecule has 0 aliphatic carbocycles. The van der Waals surface area contributed by atoms with Crippen molar-refractivity contribution in [2.75, 3.05) is 56.3 Å². The highest BCUT2D eigenvalue weighted by Gasteiger charge is 2.41. The molecule has 18 heteroatoms. The number of ether oxygens (including phenoxy) is 5. The van der Waals surface area contributed by atoms with Crippen LogP contribution >= 0.6 is 23.2 Å². The molecule has 0 radical (unpaired) electrons. The predicted molar refractivity (Wildman–Crippen MR) is 280 cm³/mol. The van der Waals surface area contributed by atoms with Gasteiger partial charge in [-0.1, -0.05) is 60.1 Å². The van der Waals surface area contributed by atoms with Crippen LogP contribution in [0.1, 0.15) is 51.9 Å². The van der Waals surface area contributed by atoms with Crippen LogP contribution in [-0.4, -0.2) is 61.5 Å². The molecule has 5 aromatic carbocycles. The van der Waals surface area contributed by atoms with Gasteiger partial charge in [0.25, 0.3) is 0 Å². The summed E-state index contributed by atoms with van der Waals surface area (Å²) in [5.41, 5.74) is 2.11. The summed E-state index contributed by atoms with van der Waals surface area (Å²) in [4.78, 5) is 24.1. The lowest BCUT2D eigenvalue weighted by atomic mass is 9.98. The molecule has 12 nitrogen and oxygen atoms in total. The fraction of sp³-hybridized carbons (Fsp3) is 0.250. The van der Waals surface area contributed by atoms with E-state index in [4.69, 9.17) is 51.9 Å². The van der Waals surface area contributed by atoms with E-state index in [1.54, 1.807) is 70.0 Å². The molecule has 1 aliphatic rings. The molecule has 0 saturated heterocycles. The number of hydrogen-bond acceptors (Lipinski definition) is 12. The summed E-state index contributed by atoms with van der Waals surface area (Å²) in [7, 11) is 6.36. The van der Waals surface area contributed by atoms with Crippen LogP contribution in [0.2, 0.25) is 10.3 Å². The minimum atomic E-state index is -5.00. The smallest absolute Gasteiger partial charge is 0.418 e. The van der Waals surface area contributed by atoms with Crippen LogP contribution < -0.4 is 38.4 Å². The minimum absolute atomic E-state index is 0.0253. The van der Waals surface area contributed by atoms with Gasteiger partial charge in [-0.3, -0.25) is 4.98 Å². The normalized spacial score (nSPS) is 12.7. The largest absolute Gasteiger partial charge is 0.497 e. The van der Waals surface area contributed by atoms with Crippen LogP contribution in [0.4, 0.5) is 34.9 Å². The zero-order valence-corrected chi connectivity index (χ0v) is 42.8. The first kappa shape index (κ1) is 51.3. The van der Waals surface area contributed by atoms with E-state index in [1.807, 2.05) is 90.7 Å². The van der Waals surface area contributed by atoms with E-state index in [-0.39, 0.29) is 59.9 Å². The Kier molecular flexibility index (Phi) is 15.2. The van der Waals surface area contributed by atoms with Crippen molar-refractivity contribution in [1.29, 1.82) is 0 Å². The van der Waals surface area contributed by atoms with Gasteiger partial charge in [0.15, 0.2) is 11.6 Å². The Morgan fingerprint density at radius 3 is 1.64 bits per heavy atom. The second-order valence-corrected chi connectivity index (χ2v) is 18.4. The number of alkyl halides is 3. The van der Waals surface area contributed by atoms with E-state index in [2.05, 4.69) is 19.9 Å². The second kappa shape index (κ2) is 21.9. The number of aryl methyl sites for hydroxylation is 1. The molecule has 74 heavy (non-hydrogen) atoms. The number of benzene rings is 5. The topological polar surface area (TPSA) is 107 Å². The fourth-order valence-electron chi connectivity index (χ4n) is 9.15. The molecule has 1 atom stereocenters. The molecule has 0 fully saturated rings. The maximum atomic E-state index is 17.8. The number of nitrogens with zero attached hydrogens (tertiary/aromatic N) is 7. The quantitative estimate of drug-likeness (QED) is 0.0640. The SMILES string of the molecule is COc1ccc(CN(Cc2ccc(OC)cc2)c2cncc(C(C)N3CCOc4c(Cl)c(-c5nc(N(Cc6ccc(OC)cc6)Cc6ccc(OC)cc6)cc(C)c5C(F)(F)F)c(F)c5nc(Cl)nc3c45)c2)cc1. The Morgan fingerprint density at radius 2 is 1.16 bits per heavy atom. The van der Waals surface area contributed by atoms with Gasteiger partial charge in [0, 0.05) is 32.4 Å². The van der Waals surface area contributed by atoms with Gasteiger partial charge in [-0.15, -0.1) is 0 Å². The second-order valence-electron chi connectivity index (χ2n) is 17.7. The summed E-state index contributed by atoms with van der Waals surface area (Å²) < 4.78 is 92.0. The van der Waals surface area contributed by atoms with Crippen LogP contribution in [0.5, 0.6) is 28.7 Å². The number of rotatable bonds is 17. The Bertz CT molecular complexity index is 3180. The van der Waals surface area contributed by atoms with Crippen molar-refractivity contribution < 1.29 is 41.2 Å². The highest BCUT2D eigenvalue weighted by Crippen LogP contribution is 2.51. The molecule has 4 heterocycles. The van der Waals surface area contributed by atoms with Crippen molar-refractivity contribution in [3.63, 3.8) is 0 Å². The highest BCUT2D eigenvalue weighted by molar-refractivity contribution is 6.37. The molecule has 9 rings (SSSR count). The maximum Gasteiger partial charge on any atom is 0.418 e. The first-order chi connectivity index (χ1) is 35.7. The van der Waals surface area contributed by atoms with Crippen LogP contribution in [0, 0.1) is 12.7 Å². The van der Waals surface area contributed by atoms with Crippen LogP contribution in [0.15, 0.2) is 122 Å². The minimum Gasteiger partial charge on any atom is -0.497 e. The van der Waals surface area contributed by atoms with E-state index in [0.717, 1.165) is 45.0 Å². The van der Waals surface area contributed by atoms with Gasteiger partial charge in [-0.2, -0.15) is 18.2 Å². The Hall–Kier alpha value is -7.56. The van der Waals surface area contributed by atoms with Crippen molar-refractivity contribution in [3.05, 3.63) is 177 Å². The van der Waals surface area contributed by atoms with E-state index in [9.17, 15) is 0 Å². The Balaban J connectivity index is 1.13. The molecule has 0 N–H and O–H groups in total. The van der Waals surface area contributed by atoms with Gasteiger partial charge in [-0.05, 0) is 119 Å². The van der Waals surface area contributed by atoms with Gasteiger partial charge in [0.2, 0.25) is 5.28 Å². The number of methoxy groups -OCH3 is 4. The van der Waals surface area contributed by atoms with E-state index < -0.39 is 45.4 Å². The maximum absolute atomic E-state index is 17.8. The zero-order chi connectivity index (χ0) is 52.3. The van der Waals surface area contributed by atoms with Gasteiger partial charge in [-0.25, -0.2) is 14.4 Å². The van der Waals surface area contributed by atoms with Crippen LogP contribution in [-0.2, 0) is 32.4 Å². The third kappa shape index (κ3) is 10.9. The van der Waals surface area contributed by atoms with E-state index in [1.165, 1.54) is 13.0 Å². The highest BCUT2D eigenvalue weighted by atomic mass is 35.5. The van der Waals surface area contributed by atoms with Crippen molar-refractivity contribution in [2.45, 2.75) is 52.2 Å². The van der Waals surface area contributed by atoms with Gasteiger partial charge in [0.1, 0.15) is 46.8 Å². The van der Waals surface area contributed by atoms with Gasteiger partial charge >= 0.3 is 6.18 Å². The standard InChI is InChI=1S/C56H51Cl2F4N7O5/c1-33-25-45(68(31-37-11-19-43(72-5)20-12-37)32-38-13-21-44(73-6)22-14-38)64-51(48(33)56(60,61)62)46-49(57)53-47-52(50(46)59)65-55(58)66-54(47)69(23-24-74-53)34(2)39-26-40(28-63-27-39)67(29-35-7-15-41(70-3)16-8-35)30-36-9-17-42(71-4)18-10-36/h7-22,25-28,34H,23-24,29-32H2,1-6H3. The lowest BCUT2D eigenvalue weighted by Gasteiger charge is -2.31. The van der Waals surface area contributed by atoms with Crippen molar-refractivity contribution in [2.24, 2.45) is 0 Å². The number of aromatic nitrogens is 4. The van der Waals surface area contributed by atoms with Crippen LogP contribution in [0.25, 0.3) is 22.2 Å². The Morgan fingerprint density at radius 1 is 0.676 bits per heavy atom. The third-order valence-electron chi connectivity index (χ3n) is 13.0. The average molecular weight is 1050 g/mol. The predicted octanol–water partition coefficient (Wildman–Crippen LogP) is 13.3. The summed E-state index contributed by atoms with van der Waals surface area (Å²) in [6.45, 7) is 4.88. The summed E-state index contributed by atoms with van der Waals surface area (Å²) in [5.74, 6) is 1.75. The molecule has 382 valence electrons. The molecular weight excluding hydrogens is 998 g/mol. The number of pyridine rings is 2. The number of halogens is 6. The lowest BCUT2D eigenvalue weighted by molar-refractivity contribution is -0.137. The fourth-order valence-corrected chi connectivity index (χ4v) is 9.64. The molecule has 0 bridgehead atoms. The van der Waals surface area contributed by atoms with Gasteiger partial charge in [0.05, 0.1) is 80.1 Å². The van der Waals surface area contributed by atoms with Crippen LogP contribution in [0.3, 0.4) is 0 Å². The molecule has 0 spiro atoms. The monoisotopic (exact) mass is 1050 g/mol. The van der Waals surface area contributed by atoms with Crippen molar-refractivity contribution >= 4 is 51.4 Å². The summed E-state index contributed by atoms with van der Waals surface area (Å²) in [6.07, 6.45) is -1.47. The zero-order valence-electron chi connectivity index (χ0n) is 41.3. The summed E-state index contributed by atoms with van der Waals surface area (Å²) >= 11 is 13.9. The van der Waals surface area contributed by atoms with Crippen molar-refractivity contribution in [1.82, 2.24) is 19.9 Å². The summed E-state index contributed by atoms with van der Waals surface area (Å²) in [5, 5.41) is -0.739. The first-order valence-electron chi connectivity index (χ1n) is 23.5. The molecule has 8 aromatic rings. The first-order valence-corrected chi connectivity index (χ1v) is 24.2. The van der Waals surface area contributed by atoms with E-state index >= 15 is 17.6 Å². The third-order valence-corrected chi connectivity index (χ3v) is 13.6. The average Bonchev–Trinajstić information content (AvgIpc) is 3.60. The van der Waals surface area contributed by atoms with Gasteiger partial charge < -0.3 is 38.4 Å². The van der Waals surface area contributed by atoms with Crippen molar-refractivity contribution in [3.8, 4) is 40.0 Å². The molecule has 0 amide bonds. The molecule has 1 aliphatic heterocycles.